The van der Waals surface area contributed by atoms with Crippen LogP contribution >= 0.6 is 0 Å². The maximum Gasteiger partial charge on any atom is 0.0155 e. The van der Waals surface area contributed by atoms with E-state index in [9.17, 15) is 0 Å². The van der Waals surface area contributed by atoms with Crippen molar-refractivity contribution in [2.75, 3.05) is 14.1 Å². The van der Waals surface area contributed by atoms with E-state index < -0.39 is 0 Å². The number of allylic oxidation sites excluding steroid dienone is 1. The molecule has 11 heavy (non-hydrogen) atoms. The second kappa shape index (κ2) is 3.91. The minimum absolute atomic E-state index is 0.782. The van der Waals surface area contributed by atoms with Crippen molar-refractivity contribution in [3.8, 4) is 0 Å². The molecule has 1 nitrogen and oxygen atoms in total. The largest absolute Gasteiger partial charge is 0.306 e. The Kier molecular flexibility index (Phi) is 3.13. The van der Waals surface area contributed by atoms with Crippen molar-refractivity contribution in [2.45, 2.75) is 32.2 Å². The van der Waals surface area contributed by atoms with Gasteiger partial charge >= 0.3 is 0 Å². The Morgan fingerprint density at radius 2 is 2.18 bits per heavy atom. The molecule has 0 aliphatic heterocycles. The van der Waals surface area contributed by atoms with Crippen LogP contribution in [0.25, 0.3) is 0 Å². The van der Waals surface area contributed by atoms with Gasteiger partial charge in [0.2, 0.25) is 0 Å². The van der Waals surface area contributed by atoms with E-state index >= 15 is 0 Å². The summed E-state index contributed by atoms with van der Waals surface area (Å²) in [5.41, 5.74) is 0. The molecule has 1 heteroatoms. The van der Waals surface area contributed by atoms with E-state index in [1.54, 1.807) is 0 Å². The molecular formula is C10H19N. The zero-order valence-corrected chi connectivity index (χ0v) is 7.88. The molecule has 0 N–H and O–H groups in total. The molecule has 0 spiro atoms. The highest BCUT2D eigenvalue weighted by atomic mass is 15.1. The molecule has 0 saturated heterocycles. The fraction of sp³-hybridized carbons (Fsp3) is 0.800. The Morgan fingerprint density at radius 3 is 2.64 bits per heavy atom. The summed E-state index contributed by atoms with van der Waals surface area (Å²) in [7, 11) is 4.37. The average molecular weight is 153 g/mol. The van der Waals surface area contributed by atoms with Gasteiger partial charge in [-0.1, -0.05) is 19.1 Å². The number of nitrogens with zero attached hydrogens (tertiary/aromatic N) is 1. The predicted octanol–water partition coefficient (Wildman–Crippen LogP) is 2.29. The standard InChI is InChI=1S/C10H19N/c1-4-9-7-5-6-8-10(9)11(2)3/h5,7,9-10H,4,6,8H2,1-3H3. The first-order valence-electron chi connectivity index (χ1n) is 4.58. The van der Waals surface area contributed by atoms with Crippen LogP contribution in [0.4, 0.5) is 0 Å². The van der Waals surface area contributed by atoms with Crippen LogP contribution in [0.1, 0.15) is 26.2 Å². The monoisotopic (exact) mass is 153 g/mol. The van der Waals surface area contributed by atoms with Crippen LogP contribution in [0.2, 0.25) is 0 Å². The molecule has 0 fully saturated rings. The summed E-state index contributed by atoms with van der Waals surface area (Å²) in [5, 5.41) is 0. The van der Waals surface area contributed by atoms with Gasteiger partial charge in [-0.25, -0.2) is 0 Å². The molecule has 0 saturated carbocycles. The molecule has 0 bridgehead atoms. The normalized spacial score (nSPS) is 31.3. The Hall–Kier alpha value is -0.300. The second-order valence-corrected chi connectivity index (χ2v) is 3.61. The van der Waals surface area contributed by atoms with Gasteiger partial charge in [0.1, 0.15) is 0 Å². The Morgan fingerprint density at radius 1 is 1.45 bits per heavy atom. The SMILES string of the molecule is CCC1C=CCCC1N(C)C. The topological polar surface area (TPSA) is 3.24 Å². The summed E-state index contributed by atoms with van der Waals surface area (Å²) < 4.78 is 0. The lowest BCUT2D eigenvalue weighted by Crippen LogP contribution is -2.35. The molecule has 1 rings (SSSR count). The highest BCUT2D eigenvalue weighted by molar-refractivity contribution is 4.99. The lowest BCUT2D eigenvalue weighted by atomic mass is 9.88. The van der Waals surface area contributed by atoms with Crippen molar-refractivity contribution in [3.05, 3.63) is 12.2 Å². The van der Waals surface area contributed by atoms with Gasteiger partial charge < -0.3 is 4.90 Å². The van der Waals surface area contributed by atoms with E-state index in [1.165, 1.54) is 19.3 Å². The van der Waals surface area contributed by atoms with Gasteiger partial charge in [-0.05, 0) is 39.3 Å². The summed E-state index contributed by atoms with van der Waals surface area (Å²) in [6.45, 7) is 2.27. The van der Waals surface area contributed by atoms with E-state index in [4.69, 9.17) is 0 Å². The van der Waals surface area contributed by atoms with Crippen LogP contribution in [0.15, 0.2) is 12.2 Å². The van der Waals surface area contributed by atoms with Crippen molar-refractivity contribution < 1.29 is 0 Å². The summed E-state index contributed by atoms with van der Waals surface area (Å²) in [6, 6.07) is 0.782. The van der Waals surface area contributed by atoms with Gasteiger partial charge in [-0.3, -0.25) is 0 Å². The van der Waals surface area contributed by atoms with Crippen LogP contribution in [0.5, 0.6) is 0 Å². The molecular weight excluding hydrogens is 134 g/mol. The minimum atomic E-state index is 0.782. The molecule has 1 aliphatic rings. The van der Waals surface area contributed by atoms with Crippen molar-refractivity contribution in [2.24, 2.45) is 5.92 Å². The van der Waals surface area contributed by atoms with Crippen LogP contribution in [0, 0.1) is 5.92 Å². The molecule has 2 atom stereocenters. The summed E-state index contributed by atoms with van der Waals surface area (Å²) >= 11 is 0. The third-order valence-corrected chi connectivity index (χ3v) is 2.64. The van der Waals surface area contributed by atoms with E-state index in [1.807, 2.05) is 0 Å². The van der Waals surface area contributed by atoms with Gasteiger partial charge in [0.15, 0.2) is 0 Å². The van der Waals surface area contributed by atoms with Crippen LogP contribution in [0.3, 0.4) is 0 Å². The highest BCUT2D eigenvalue weighted by Gasteiger charge is 2.21. The molecule has 0 aromatic heterocycles. The number of hydrogen-bond acceptors (Lipinski definition) is 1. The Balaban J connectivity index is 2.56. The maximum absolute atomic E-state index is 2.38. The average Bonchev–Trinajstić information content (AvgIpc) is 2.04. The summed E-state index contributed by atoms with van der Waals surface area (Å²) in [5.74, 6) is 0.791. The van der Waals surface area contributed by atoms with Crippen molar-refractivity contribution >= 4 is 0 Å². The van der Waals surface area contributed by atoms with Gasteiger partial charge in [-0.15, -0.1) is 0 Å². The third-order valence-electron chi connectivity index (χ3n) is 2.64. The Bertz CT molecular complexity index is 138. The molecule has 0 aromatic carbocycles. The van der Waals surface area contributed by atoms with Gasteiger partial charge in [0.25, 0.3) is 0 Å². The predicted molar refractivity (Wildman–Crippen MR) is 49.6 cm³/mol. The van der Waals surface area contributed by atoms with Crippen LogP contribution < -0.4 is 0 Å². The summed E-state index contributed by atoms with van der Waals surface area (Å²) in [6.07, 6.45) is 8.59. The van der Waals surface area contributed by atoms with E-state index in [2.05, 4.69) is 38.1 Å². The first-order valence-corrected chi connectivity index (χ1v) is 4.58. The zero-order chi connectivity index (χ0) is 8.27. The molecule has 0 amide bonds. The molecule has 1 aliphatic carbocycles. The smallest absolute Gasteiger partial charge is 0.0155 e. The molecule has 0 radical (unpaired) electrons. The van der Waals surface area contributed by atoms with E-state index in [0.717, 1.165) is 12.0 Å². The van der Waals surface area contributed by atoms with E-state index in [-0.39, 0.29) is 0 Å². The first kappa shape index (κ1) is 8.79. The molecule has 64 valence electrons. The van der Waals surface area contributed by atoms with Gasteiger partial charge in [0, 0.05) is 6.04 Å². The van der Waals surface area contributed by atoms with Crippen LogP contribution in [-0.2, 0) is 0 Å². The Labute approximate surface area is 70.1 Å². The quantitative estimate of drug-likeness (QED) is 0.550. The molecule has 2 unspecified atom stereocenters. The van der Waals surface area contributed by atoms with Crippen molar-refractivity contribution in [3.63, 3.8) is 0 Å². The lowest BCUT2D eigenvalue weighted by molar-refractivity contribution is 0.214. The van der Waals surface area contributed by atoms with Gasteiger partial charge in [0.05, 0.1) is 0 Å². The van der Waals surface area contributed by atoms with Crippen molar-refractivity contribution in [1.82, 2.24) is 4.90 Å². The second-order valence-electron chi connectivity index (χ2n) is 3.61. The summed E-state index contributed by atoms with van der Waals surface area (Å²) in [4.78, 5) is 2.36. The maximum atomic E-state index is 2.38. The van der Waals surface area contributed by atoms with Crippen LogP contribution in [-0.4, -0.2) is 25.0 Å². The third kappa shape index (κ3) is 2.06. The number of rotatable bonds is 2. The fourth-order valence-electron chi connectivity index (χ4n) is 1.93. The molecule has 0 aromatic rings. The molecule has 0 heterocycles. The minimum Gasteiger partial charge on any atom is -0.306 e. The number of hydrogen-bond donors (Lipinski definition) is 0. The fourth-order valence-corrected chi connectivity index (χ4v) is 1.93. The zero-order valence-electron chi connectivity index (χ0n) is 7.88. The van der Waals surface area contributed by atoms with E-state index in [0.29, 0.717) is 0 Å². The van der Waals surface area contributed by atoms with Crippen molar-refractivity contribution in [1.29, 1.82) is 0 Å². The highest BCUT2D eigenvalue weighted by Crippen LogP contribution is 2.23. The first-order chi connectivity index (χ1) is 5.25. The lowest BCUT2D eigenvalue weighted by Gasteiger charge is -2.32. The van der Waals surface area contributed by atoms with Gasteiger partial charge in [-0.2, -0.15) is 0 Å².